The van der Waals surface area contributed by atoms with Crippen molar-refractivity contribution in [3.63, 3.8) is 0 Å². The number of carbonyl (C=O) groups is 2. The van der Waals surface area contributed by atoms with Gasteiger partial charge in [0.05, 0.1) is 30.5 Å². The van der Waals surface area contributed by atoms with Gasteiger partial charge in [-0.3, -0.25) is 9.59 Å². The van der Waals surface area contributed by atoms with Crippen molar-refractivity contribution in [1.82, 2.24) is 9.88 Å². The number of amides is 2. The normalized spacial score (nSPS) is 10.2. The number of nitrogens with one attached hydrogen (secondary N) is 2. The number of ether oxygens (including phenoxy) is 2. The average molecular weight is 352 g/mol. The third kappa shape index (κ3) is 3.62. The van der Waals surface area contributed by atoms with E-state index in [4.69, 9.17) is 21.1 Å². The fraction of sp³-hybridized carbons (Fsp3) is 0.250. The molecule has 2 amide bonds. The van der Waals surface area contributed by atoms with Crippen LogP contribution in [0.25, 0.3) is 0 Å². The van der Waals surface area contributed by atoms with Gasteiger partial charge >= 0.3 is 0 Å². The standard InChI is InChI=1S/C16H18ClN3O4/c1-20(2)16(22)10-6-13(23-3)14(24-4)7-11(10)19-15(21)12-5-9(17)8-18-12/h5-8,18H,1-4H3,(H,19,21). The monoisotopic (exact) mass is 351 g/mol. The first-order valence-corrected chi connectivity index (χ1v) is 7.38. The molecule has 0 unspecified atom stereocenters. The second kappa shape index (κ2) is 7.27. The van der Waals surface area contributed by atoms with Crippen LogP contribution in [0.15, 0.2) is 24.4 Å². The number of H-pyrrole nitrogens is 1. The van der Waals surface area contributed by atoms with E-state index in [1.54, 1.807) is 14.1 Å². The van der Waals surface area contributed by atoms with Crippen molar-refractivity contribution in [1.29, 1.82) is 0 Å². The molecule has 2 aromatic rings. The summed E-state index contributed by atoms with van der Waals surface area (Å²) in [6, 6.07) is 4.56. The van der Waals surface area contributed by atoms with Gasteiger partial charge < -0.3 is 24.7 Å². The van der Waals surface area contributed by atoms with Crippen LogP contribution < -0.4 is 14.8 Å². The first-order chi connectivity index (χ1) is 11.4. The molecule has 7 nitrogen and oxygen atoms in total. The van der Waals surface area contributed by atoms with Gasteiger partial charge in [-0.15, -0.1) is 0 Å². The molecule has 0 spiro atoms. The Bertz CT molecular complexity index is 771. The van der Waals surface area contributed by atoms with Crippen LogP contribution in [0, 0.1) is 0 Å². The molecular weight excluding hydrogens is 334 g/mol. The molecule has 2 rings (SSSR count). The van der Waals surface area contributed by atoms with Crippen molar-refractivity contribution in [2.45, 2.75) is 0 Å². The van der Waals surface area contributed by atoms with E-state index in [2.05, 4.69) is 10.3 Å². The van der Waals surface area contributed by atoms with Crippen molar-refractivity contribution in [3.05, 3.63) is 40.7 Å². The number of halogens is 1. The summed E-state index contributed by atoms with van der Waals surface area (Å²) in [5.41, 5.74) is 0.865. The number of carbonyl (C=O) groups excluding carboxylic acids is 2. The van der Waals surface area contributed by atoms with Gasteiger partial charge in [0, 0.05) is 26.4 Å². The highest BCUT2D eigenvalue weighted by molar-refractivity contribution is 6.31. The number of hydrogen-bond acceptors (Lipinski definition) is 4. The zero-order valence-electron chi connectivity index (χ0n) is 13.8. The maximum absolute atomic E-state index is 12.4. The van der Waals surface area contributed by atoms with Gasteiger partial charge in [0.25, 0.3) is 11.8 Å². The number of methoxy groups -OCH3 is 2. The lowest BCUT2D eigenvalue weighted by Crippen LogP contribution is -2.24. The summed E-state index contributed by atoms with van der Waals surface area (Å²) in [4.78, 5) is 28.9. The molecule has 0 fully saturated rings. The first kappa shape index (κ1) is 17.7. The van der Waals surface area contributed by atoms with E-state index in [1.165, 1.54) is 43.5 Å². The van der Waals surface area contributed by atoms with E-state index in [0.29, 0.717) is 22.2 Å². The highest BCUT2D eigenvalue weighted by Crippen LogP contribution is 2.34. The van der Waals surface area contributed by atoms with Gasteiger partial charge in [-0.25, -0.2) is 0 Å². The van der Waals surface area contributed by atoms with Gasteiger partial charge in [0.2, 0.25) is 0 Å². The van der Waals surface area contributed by atoms with Crippen LogP contribution in [0.5, 0.6) is 11.5 Å². The van der Waals surface area contributed by atoms with Crippen molar-refractivity contribution in [2.24, 2.45) is 0 Å². The number of aromatic nitrogens is 1. The summed E-state index contributed by atoms with van der Waals surface area (Å²) < 4.78 is 10.5. The molecule has 1 aromatic carbocycles. The van der Waals surface area contributed by atoms with E-state index in [-0.39, 0.29) is 17.2 Å². The molecule has 0 atom stereocenters. The molecule has 0 radical (unpaired) electrons. The average Bonchev–Trinajstić information content (AvgIpc) is 3.00. The van der Waals surface area contributed by atoms with Crippen LogP contribution >= 0.6 is 11.6 Å². The summed E-state index contributed by atoms with van der Waals surface area (Å²) in [6.45, 7) is 0. The second-order valence-corrected chi connectivity index (χ2v) is 5.57. The smallest absolute Gasteiger partial charge is 0.272 e. The van der Waals surface area contributed by atoms with Crippen LogP contribution in [-0.2, 0) is 0 Å². The largest absolute Gasteiger partial charge is 0.493 e. The molecule has 0 aliphatic heterocycles. The Kier molecular flexibility index (Phi) is 5.35. The van der Waals surface area contributed by atoms with E-state index >= 15 is 0 Å². The molecule has 1 heterocycles. The number of hydrogen-bond donors (Lipinski definition) is 2. The van der Waals surface area contributed by atoms with E-state index in [0.717, 1.165) is 0 Å². The van der Waals surface area contributed by atoms with Gasteiger partial charge in [0.1, 0.15) is 5.69 Å². The van der Waals surface area contributed by atoms with Crippen LogP contribution in [0.1, 0.15) is 20.8 Å². The molecule has 24 heavy (non-hydrogen) atoms. The minimum absolute atomic E-state index is 0.276. The Morgan fingerprint density at radius 2 is 1.75 bits per heavy atom. The van der Waals surface area contributed by atoms with E-state index < -0.39 is 5.91 Å². The topological polar surface area (TPSA) is 83.7 Å². The maximum atomic E-state index is 12.4. The second-order valence-electron chi connectivity index (χ2n) is 5.14. The Hall–Kier alpha value is -2.67. The van der Waals surface area contributed by atoms with Crippen molar-refractivity contribution < 1.29 is 19.1 Å². The highest BCUT2D eigenvalue weighted by atomic mass is 35.5. The zero-order chi connectivity index (χ0) is 17.9. The number of rotatable bonds is 5. The molecule has 0 saturated heterocycles. The molecule has 0 saturated carbocycles. The molecule has 0 aliphatic carbocycles. The molecule has 2 N–H and O–H groups in total. The number of benzene rings is 1. The number of anilines is 1. The van der Waals surface area contributed by atoms with Crippen molar-refractivity contribution >= 4 is 29.1 Å². The SMILES string of the molecule is COc1cc(NC(=O)c2cc(Cl)c[nH]2)c(C(=O)N(C)C)cc1OC. The summed E-state index contributed by atoms with van der Waals surface area (Å²) in [5, 5.41) is 3.10. The minimum atomic E-state index is -0.429. The summed E-state index contributed by atoms with van der Waals surface area (Å²) in [5.74, 6) is 0.0777. The van der Waals surface area contributed by atoms with Gasteiger partial charge in [-0.05, 0) is 12.1 Å². The minimum Gasteiger partial charge on any atom is -0.493 e. The van der Waals surface area contributed by atoms with Gasteiger partial charge in [-0.1, -0.05) is 11.6 Å². The molecule has 1 aromatic heterocycles. The van der Waals surface area contributed by atoms with Crippen molar-refractivity contribution in [3.8, 4) is 11.5 Å². The predicted molar refractivity (Wildman–Crippen MR) is 91.3 cm³/mol. The lowest BCUT2D eigenvalue weighted by Gasteiger charge is -2.17. The van der Waals surface area contributed by atoms with E-state index in [1.807, 2.05) is 0 Å². The summed E-state index contributed by atoms with van der Waals surface area (Å²) in [7, 11) is 6.19. The quantitative estimate of drug-likeness (QED) is 0.867. The Morgan fingerprint density at radius 1 is 1.12 bits per heavy atom. The van der Waals surface area contributed by atoms with Gasteiger partial charge in [0.15, 0.2) is 11.5 Å². The Labute approximate surface area is 144 Å². The third-order valence-corrected chi connectivity index (χ3v) is 3.52. The molecule has 0 bridgehead atoms. The zero-order valence-corrected chi connectivity index (χ0v) is 14.5. The molecular formula is C16H18ClN3O4. The summed E-state index contributed by atoms with van der Waals surface area (Å²) >= 11 is 5.81. The van der Waals surface area contributed by atoms with Gasteiger partial charge in [-0.2, -0.15) is 0 Å². The molecule has 0 aliphatic rings. The van der Waals surface area contributed by atoms with E-state index in [9.17, 15) is 9.59 Å². The predicted octanol–water partition coefficient (Wildman–Crippen LogP) is 2.64. The van der Waals surface area contributed by atoms with Crippen LogP contribution in [0.2, 0.25) is 5.02 Å². The number of aromatic amines is 1. The summed E-state index contributed by atoms with van der Waals surface area (Å²) in [6.07, 6.45) is 1.50. The lowest BCUT2D eigenvalue weighted by atomic mass is 10.1. The maximum Gasteiger partial charge on any atom is 0.272 e. The lowest BCUT2D eigenvalue weighted by molar-refractivity contribution is 0.0828. The fourth-order valence-electron chi connectivity index (χ4n) is 2.09. The Morgan fingerprint density at radius 3 is 2.25 bits per heavy atom. The van der Waals surface area contributed by atoms with Crippen LogP contribution in [0.4, 0.5) is 5.69 Å². The first-order valence-electron chi connectivity index (χ1n) is 7.00. The van der Waals surface area contributed by atoms with Crippen LogP contribution in [-0.4, -0.2) is 50.0 Å². The number of nitrogens with zero attached hydrogens (tertiary/aromatic N) is 1. The van der Waals surface area contributed by atoms with Crippen LogP contribution in [0.3, 0.4) is 0 Å². The van der Waals surface area contributed by atoms with Crippen molar-refractivity contribution in [2.75, 3.05) is 33.6 Å². The molecule has 8 heteroatoms. The highest BCUT2D eigenvalue weighted by Gasteiger charge is 2.20. The molecule has 128 valence electrons. The fourth-order valence-corrected chi connectivity index (χ4v) is 2.25. The Balaban J connectivity index is 2.45. The third-order valence-electron chi connectivity index (χ3n) is 3.30.